The van der Waals surface area contributed by atoms with E-state index in [2.05, 4.69) is 10.6 Å². The number of methoxy groups -OCH3 is 1. The van der Waals surface area contributed by atoms with Crippen LogP contribution in [0.1, 0.15) is 12.5 Å². The van der Waals surface area contributed by atoms with Gasteiger partial charge in [-0.05, 0) is 54.4 Å². The van der Waals surface area contributed by atoms with Gasteiger partial charge in [-0.15, -0.1) is 0 Å². The molecule has 0 fully saturated rings. The van der Waals surface area contributed by atoms with Crippen LogP contribution in [-0.2, 0) is 21.1 Å². The maximum Gasteiger partial charge on any atom is 0.243 e. The third-order valence-electron chi connectivity index (χ3n) is 4.70. The van der Waals surface area contributed by atoms with Gasteiger partial charge in [0.15, 0.2) is 0 Å². The molecule has 31 heavy (non-hydrogen) atoms. The minimum atomic E-state index is -3.68. The lowest BCUT2D eigenvalue weighted by atomic mass is 10.1. The Bertz CT molecular complexity index is 1180. The Kier molecular flexibility index (Phi) is 7.20. The van der Waals surface area contributed by atoms with Crippen LogP contribution in [0.5, 0.6) is 5.75 Å². The maximum atomic E-state index is 13.1. The number of nitrogens with one attached hydrogen (secondary N) is 2. The summed E-state index contributed by atoms with van der Waals surface area (Å²) in [6, 6.07) is 18.2. The van der Waals surface area contributed by atoms with Crippen molar-refractivity contribution in [2.24, 2.45) is 0 Å². The van der Waals surface area contributed by atoms with E-state index in [1.807, 2.05) is 6.92 Å². The van der Waals surface area contributed by atoms with Gasteiger partial charge in [0.25, 0.3) is 0 Å². The fraction of sp³-hybridized carbons (Fsp3) is 0.174. The number of rotatable bonds is 8. The highest BCUT2D eigenvalue weighted by atomic mass is 35.5. The zero-order chi connectivity index (χ0) is 22.4. The Morgan fingerprint density at radius 1 is 1.00 bits per heavy atom. The topological polar surface area (TPSA) is 84.5 Å². The number of carbonyl (C=O) groups excluding carboxylic acids is 1. The highest BCUT2D eigenvalue weighted by Gasteiger charge is 2.22. The number of carbonyl (C=O) groups is 1. The van der Waals surface area contributed by atoms with Gasteiger partial charge in [0, 0.05) is 10.7 Å². The summed E-state index contributed by atoms with van der Waals surface area (Å²) in [7, 11) is -2.17. The third kappa shape index (κ3) is 5.18. The molecule has 0 aliphatic heterocycles. The second kappa shape index (κ2) is 9.85. The van der Waals surface area contributed by atoms with Crippen molar-refractivity contribution < 1.29 is 17.9 Å². The molecule has 0 unspecified atom stereocenters. The zero-order valence-corrected chi connectivity index (χ0v) is 18.8. The van der Waals surface area contributed by atoms with Crippen molar-refractivity contribution in [1.82, 2.24) is 0 Å². The first kappa shape index (κ1) is 22.7. The second-order valence-electron chi connectivity index (χ2n) is 6.70. The summed E-state index contributed by atoms with van der Waals surface area (Å²) in [5.74, 6) is 0.168. The lowest BCUT2D eigenvalue weighted by Crippen LogP contribution is -2.23. The highest BCUT2D eigenvalue weighted by Crippen LogP contribution is 2.30. The summed E-state index contributed by atoms with van der Waals surface area (Å²) >= 11 is 6.00. The summed E-state index contributed by atoms with van der Waals surface area (Å²) in [6.45, 7) is 1.82. The molecule has 162 valence electrons. The second-order valence-corrected chi connectivity index (χ2v) is 9.05. The van der Waals surface area contributed by atoms with E-state index >= 15 is 0 Å². The van der Waals surface area contributed by atoms with Gasteiger partial charge < -0.3 is 15.4 Å². The highest BCUT2D eigenvalue weighted by molar-refractivity contribution is 7.91. The first-order valence-electron chi connectivity index (χ1n) is 9.66. The van der Waals surface area contributed by atoms with Gasteiger partial charge in [-0.2, -0.15) is 0 Å². The molecule has 0 aliphatic carbocycles. The average molecular weight is 459 g/mol. The molecular formula is C23H23ClN2O4S. The van der Waals surface area contributed by atoms with Crippen LogP contribution in [0.4, 0.5) is 11.4 Å². The van der Waals surface area contributed by atoms with Crippen molar-refractivity contribution >= 4 is 38.7 Å². The summed E-state index contributed by atoms with van der Waals surface area (Å²) in [6.07, 6.45) is 0.480. The van der Waals surface area contributed by atoms with E-state index in [1.54, 1.807) is 66.7 Å². The average Bonchev–Trinajstić information content (AvgIpc) is 2.78. The number of benzene rings is 3. The lowest BCUT2D eigenvalue weighted by Gasteiger charge is -2.16. The fourth-order valence-electron chi connectivity index (χ4n) is 3.22. The molecule has 0 aliphatic rings. The first-order valence-corrected chi connectivity index (χ1v) is 11.5. The van der Waals surface area contributed by atoms with Crippen molar-refractivity contribution in [1.29, 1.82) is 0 Å². The van der Waals surface area contributed by atoms with Crippen LogP contribution in [-0.4, -0.2) is 28.0 Å². The number of hydrogen-bond donors (Lipinski definition) is 2. The van der Waals surface area contributed by atoms with Crippen LogP contribution in [0, 0.1) is 0 Å². The molecule has 3 aromatic rings. The molecule has 3 aromatic carbocycles. The molecule has 3 rings (SSSR count). The monoisotopic (exact) mass is 458 g/mol. The van der Waals surface area contributed by atoms with E-state index in [1.165, 1.54) is 7.11 Å². The van der Waals surface area contributed by atoms with E-state index in [9.17, 15) is 13.2 Å². The molecule has 0 saturated heterocycles. The van der Waals surface area contributed by atoms with Gasteiger partial charge in [0.1, 0.15) is 5.75 Å². The van der Waals surface area contributed by atoms with Gasteiger partial charge in [0.05, 0.1) is 29.1 Å². The van der Waals surface area contributed by atoms with Gasteiger partial charge in [-0.25, -0.2) is 8.42 Å². The lowest BCUT2D eigenvalue weighted by molar-refractivity contribution is -0.114. The number of halogens is 1. The predicted octanol–water partition coefficient (Wildman–Crippen LogP) is 4.79. The van der Waals surface area contributed by atoms with E-state index < -0.39 is 9.84 Å². The van der Waals surface area contributed by atoms with Gasteiger partial charge in [-0.1, -0.05) is 42.8 Å². The SMILES string of the molecule is CCc1c(NCC(=O)Nc2cc(Cl)ccc2OC)cccc1S(=O)(=O)c1ccccc1. The summed E-state index contributed by atoms with van der Waals surface area (Å²) < 4.78 is 31.5. The van der Waals surface area contributed by atoms with Gasteiger partial charge in [-0.3, -0.25) is 4.79 Å². The molecule has 0 radical (unpaired) electrons. The normalized spacial score (nSPS) is 11.1. The smallest absolute Gasteiger partial charge is 0.243 e. The number of anilines is 2. The molecule has 0 bridgehead atoms. The van der Waals surface area contributed by atoms with E-state index in [0.717, 1.165) is 0 Å². The summed E-state index contributed by atoms with van der Waals surface area (Å²) in [5, 5.41) is 6.27. The summed E-state index contributed by atoms with van der Waals surface area (Å²) in [4.78, 5) is 12.9. The van der Waals surface area contributed by atoms with Crippen molar-refractivity contribution in [3.63, 3.8) is 0 Å². The van der Waals surface area contributed by atoms with Crippen molar-refractivity contribution in [2.75, 3.05) is 24.3 Å². The molecule has 0 saturated carbocycles. The Morgan fingerprint density at radius 2 is 1.74 bits per heavy atom. The fourth-order valence-corrected chi connectivity index (χ4v) is 5.00. The van der Waals surface area contributed by atoms with Crippen molar-refractivity contribution in [3.05, 3.63) is 77.3 Å². The molecule has 0 spiro atoms. The molecule has 0 aromatic heterocycles. The maximum absolute atomic E-state index is 13.1. The molecule has 0 atom stereocenters. The van der Waals surface area contributed by atoms with E-state index in [-0.39, 0.29) is 22.2 Å². The Labute approximate surface area is 187 Å². The summed E-state index contributed by atoms with van der Waals surface area (Å²) in [5.41, 5.74) is 1.67. The standard InChI is InChI=1S/C23H23ClN2O4S/c1-3-18-19(10-7-11-22(18)31(28,29)17-8-5-4-6-9-17)25-15-23(27)26-20-14-16(24)12-13-21(20)30-2/h4-14,25H,3,15H2,1-2H3,(H,26,27). The van der Waals surface area contributed by atoms with Gasteiger partial charge >= 0.3 is 0 Å². The minimum absolute atomic E-state index is 0.0580. The van der Waals surface area contributed by atoms with Crippen molar-refractivity contribution in [2.45, 2.75) is 23.1 Å². The molecule has 0 heterocycles. The van der Waals surface area contributed by atoms with Gasteiger partial charge in [0.2, 0.25) is 15.7 Å². The van der Waals surface area contributed by atoms with E-state index in [4.69, 9.17) is 16.3 Å². The number of amides is 1. The van der Waals surface area contributed by atoms with Crippen LogP contribution in [0.3, 0.4) is 0 Å². The van der Waals surface area contributed by atoms with Crippen LogP contribution >= 0.6 is 11.6 Å². The van der Waals surface area contributed by atoms with Crippen LogP contribution < -0.4 is 15.4 Å². The molecule has 1 amide bonds. The van der Waals surface area contributed by atoms with Crippen LogP contribution in [0.15, 0.2) is 76.5 Å². The minimum Gasteiger partial charge on any atom is -0.495 e. The van der Waals surface area contributed by atoms with E-state index in [0.29, 0.717) is 34.1 Å². The van der Waals surface area contributed by atoms with Crippen LogP contribution in [0.2, 0.25) is 5.02 Å². The molecule has 8 heteroatoms. The quantitative estimate of drug-likeness (QED) is 0.506. The first-order chi connectivity index (χ1) is 14.9. The Morgan fingerprint density at radius 3 is 2.42 bits per heavy atom. The molecule has 2 N–H and O–H groups in total. The van der Waals surface area contributed by atoms with Crippen LogP contribution in [0.25, 0.3) is 0 Å². The van der Waals surface area contributed by atoms with Crippen molar-refractivity contribution in [3.8, 4) is 5.75 Å². The Hall–Kier alpha value is -3.03. The number of hydrogen-bond acceptors (Lipinski definition) is 5. The predicted molar refractivity (Wildman–Crippen MR) is 123 cm³/mol. The zero-order valence-electron chi connectivity index (χ0n) is 17.2. The number of sulfone groups is 1. The molecule has 6 nitrogen and oxygen atoms in total. The third-order valence-corrected chi connectivity index (χ3v) is 6.79. The largest absolute Gasteiger partial charge is 0.495 e. The molecular weight excluding hydrogens is 436 g/mol. The number of ether oxygens (including phenoxy) is 1. The Balaban J connectivity index is 1.81.